The van der Waals surface area contributed by atoms with Crippen LogP contribution in [0.3, 0.4) is 0 Å². The summed E-state index contributed by atoms with van der Waals surface area (Å²) in [5.41, 5.74) is 0. The molecule has 0 saturated heterocycles. The van der Waals surface area contributed by atoms with Crippen molar-refractivity contribution in [3.63, 3.8) is 0 Å². The monoisotopic (exact) mass is 322 g/mol. The van der Waals surface area contributed by atoms with Gasteiger partial charge in [0.1, 0.15) is 11.6 Å². The molecule has 5 heteroatoms. The fourth-order valence-corrected chi connectivity index (χ4v) is 2.68. The van der Waals surface area contributed by atoms with Crippen LogP contribution in [0.25, 0.3) is 0 Å². The molecule has 0 saturated carbocycles. The Labute approximate surface area is 138 Å². The number of aliphatic carboxylic acids is 1. The largest absolute Gasteiger partial charge is 0.481 e. The minimum Gasteiger partial charge on any atom is -0.481 e. The van der Waals surface area contributed by atoms with Crippen molar-refractivity contribution < 1.29 is 14.7 Å². The van der Waals surface area contributed by atoms with Crippen LogP contribution < -0.4 is 0 Å². The van der Waals surface area contributed by atoms with Crippen molar-refractivity contribution >= 4 is 11.8 Å². The van der Waals surface area contributed by atoms with Crippen LogP contribution in [-0.2, 0) is 16.0 Å². The van der Waals surface area contributed by atoms with Crippen molar-refractivity contribution in [1.82, 2.24) is 9.97 Å². The Morgan fingerprint density at radius 3 is 1.87 bits per heavy atom. The second-order valence-electron chi connectivity index (χ2n) is 6.18. The van der Waals surface area contributed by atoms with E-state index in [1.807, 2.05) is 0 Å². The molecule has 0 spiro atoms. The average Bonchev–Trinajstić information content (AvgIpc) is 3.01. The van der Waals surface area contributed by atoms with Gasteiger partial charge in [0, 0.05) is 25.2 Å². The molecule has 1 heterocycles. The molecule has 0 amide bonds. The van der Waals surface area contributed by atoms with Gasteiger partial charge in [0.05, 0.1) is 6.42 Å². The average molecular weight is 322 g/mol. The highest BCUT2D eigenvalue weighted by Gasteiger charge is 2.05. The molecule has 1 aromatic heterocycles. The van der Waals surface area contributed by atoms with Gasteiger partial charge < -0.3 is 10.1 Å². The van der Waals surface area contributed by atoms with Crippen LogP contribution in [0.4, 0.5) is 0 Å². The van der Waals surface area contributed by atoms with Crippen LogP contribution in [0, 0.1) is 0 Å². The standard InChI is InChI=1S/C18H30N2O3/c21-16(15-17-19-13-14-20-17)11-9-7-5-3-1-2-4-6-8-10-12-18(22)23/h13-14H,1-12,15H2,(H,19,20)(H,22,23). The number of aromatic amines is 1. The summed E-state index contributed by atoms with van der Waals surface area (Å²) >= 11 is 0. The number of hydrogen-bond acceptors (Lipinski definition) is 3. The third-order valence-electron chi connectivity index (χ3n) is 4.02. The van der Waals surface area contributed by atoms with Crippen molar-refractivity contribution in [3.8, 4) is 0 Å². The third kappa shape index (κ3) is 11.6. The number of carboxylic acid groups (broad SMARTS) is 1. The summed E-state index contributed by atoms with van der Waals surface area (Å²) in [4.78, 5) is 29.1. The normalized spacial score (nSPS) is 10.8. The Balaban J connectivity index is 1.79. The van der Waals surface area contributed by atoms with E-state index in [0.717, 1.165) is 37.9 Å². The number of aromatic nitrogens is 2. The summed E-state index contributed by atoms with van der Waals surface area (Å²) in [6.45, 7) is 0. The van der Waals surface area contributed by atoms with E-state index in [4.69, 9.17) is 5.11 Å². The number of carbonyl (C=O) groups is 2. The molecule has 0 aliphatic heterocycles. The van der Waals surface area contributed by atoms with E-state index in [9.17, 15) is 9.59 Å². The molecular weight excluding hydrogens is 292 g/mol. The molecule has 1 rings (SSSR count). The number of rotatable bonds is 15. The molecule has 0 radical (unpaired) electrons. The molecule has 0 fully saturated rings. The van der Waals surface area contributed by atoms with Crippen LogP contribution in [0.15, 0.2) is 12.4 Å². The van der Waals surface area contributed by atoms with Crippen LogP contribution in [-0.4, -0.2) is 26.8 Å². The molecule has 0 aromatic carbocycles. The zero-order chi connectivity index (χ0) is 16.8. The van der Waals surface area contributed by atoms with E-state index in [2.05, 4.69) is 9.97 Å². The van der Waals surface area contributed by atoms with Crippen molar-refractivity contribution in [2.45, 2.75) is 83.5 Å². The molecule has 0 unspecified atom stereocenters. The third-order valence-corrected chi connectivity index (χ3v) is 4.02. The number of imidazole rings is 1. The van der Waals surface area contributed by atoms with E-state index >= 15 is 0 Å². The fourth-order valence-electron chi connectivity index (χ4n) is 2.68. The number of unbranched alkanes of at least 4 members (excludes halogenated alkanes) is 9. The lowest BCUT2D eigenvalue weighted by molar-refractivity contribution is -0.137. The van der Waals surface area contributed by atoms with Gasteiger partial charge in [-0.25, -0.2) is 4.98 Å². The number of ketones is 1. The van der Waals surface area contributed by atoms with E-state index in [1.165, 1.54) is 32.1 Å². The van der Waals surface area contributed by atoms with Crippen molar-refractivity contribution in [2.24, 2.45) is 0 Å². The second-order valence-corrected chi connectivity index (χ2v) is 6.18. The van der Waals surface area contributed by atoms with Gasteiger partial charge in [0.2, 0.25) is 0 Å². The summed E-state index contributed by atoms with van der Waals surface area (Å²) in [6.07, 6.45) is 16.0. The minimum absolute atomic E-state index is 0.265. The van der Waals surface area contributed by atoms with Crippen LogP contribution in [0.5, 0.6) is 0 Å². The van der Waals surface area contributed by atoms with Gasteiger partial charge in [0.15, 0.2) is 0 Å². The number of H-pyrrole nitrogens is 1. The Kier molecular flexibility index (Phi) is 10.8. The van der Waals surface area contributed by atoms with Crippen molar-refractivity contribution in [2.75, 3.05) is 0 Å². The fraction of sp³-hybridized carbons (Fsp3) is 0.722. The number of Topliss-reactive ketones (excluding diaryl/α,β-unsaturated/α-hetero) is 1. The Morgan fingerprint density at radius 2 is 1.39 bits per heavy atom. The molecular formula is C18H30N2O3. The molecule has 0 atom stereocenters. The summed E-state index contributed by atoms with van der Waals surface area (Å²) in [6, 6.07) is 0. The van der Waals surface area contributed by atoms with E-state index in [1.54, 1.807) is 12.4 Å². The number of carboxylic acids is 1. The van der Waals surface area contributed by atoms with E-state index < -0.39 is 5.97 Å². The predicted octanol–water partition coefficient (Wildman–Crippen LogP) is 4.29. The predicted molar refractivity (Wildman–Crippen MR) is 90.3 cm³/mol. The number of carbonyl (C=O) groups excluding carboxylic acids is 1. The number of hydrogen-bond donors (Lipinski definition) is 2. The summed E-state index contributed by atoms with van der Waals surface area (Å²) in [7, 11) is 0. The van der Waals surface area contributed by atoms with E-state index in [-0.39, 0.29) is 5.78 Å². The minimum atomic E-state index is -0.687. The maximum absolute atomic E-state index is 11.7. The van der Waals surface area contributed by atoms with E-state index in [0.29, 0.717) is 19.3 Å². The molecule has 130 valence electrons. The Morgan fingerprint density at radius 1 is 0.870 bits per heavy atom. The van der Waals surface area contributed by atoms with Crippen molar-refractivity contribution in [3.05, 3.63) is 18.2 Å². The zero-order valence-corrected chi connectivity index (χ0v) is 14.1. The molecule has 0 aliphatic carbocycles. The molecule has 0 aliphatic rings. The van der Waals surface area contributed by atoms with Gasteiger partial charge in [-0.3, -0.25) is 9.59 Å². The first-order valence-electron chi connectivity index (χ1n) is 8.90. The van der Waals surface area contributed by atoms with Gasteiger partial charge in [-0.1, -0.05) is 51.4 Å². The Bertz CT molecular complexity index is 429. The maximum atomic E-state index is 11.7. The smallest absolute Gasteiger partial charge is 0.303 e. The first-order chi connectivity index (χ1) is 11.2. The zero-order valence-electron chi connectivity index (χ0n) is 14.1. The van der Waals surface area contributed by atoms with Gasteiger partial charge >= 0.3 is 5.97 Å². The number of nitrogens with one attached hydrogen (secondary N) is 1. The van der Waals surface area contributed by atoms with Crippen LogP contribution in [0.2, 0.25) is 0 Å². The first-order valence-corrected chi connectivity index (χ1v) is 8.90. The van der Waals surface area contributed by atoms with Gasteiger partial charge in [-0.2, -0.15) is 0 Å². The maximum Gasteiger partial charge on any atom is 0.303 e. The lowest BCUT2D eigenvalue weighted by Crippen LogP contribution is -2.03. The van der Waals surface area contributed by atoms with Gasteiger partial charge in [0.25, 0.3) is 0 Å². The Hall–Kier alpha value is -1.65. The highest BCUT2D eigenvalue weighted by molar-refractivity contribution is 5.80. The van der Waals surface area contributed by atoms with Crippen LogP contribution in [0.1, 0.15) is 82.9 Å². The van der Waals surface area contributed by atoms with Crippen LogP contribution >= 0.6 is 0 Å². The first kappa shape index (κ1) is 19.4. The topological polar surface area (TPSA) is 83.0 Å². The summed E-state index contributed by atoms with van der Waals surface area (Å²) < 4.78 is 0. The highest BCUT2D eigenvalue weighted by atomic mass is 16.4. The van der Waals surface area contributed by atoms with Crippen molar-refractivity contribution in [1.29, 1.82) is 0 Å². The lowest BCUT2D eigenvalue weighted by Gasteiger charge is -2.02. The summed E-state index contributed by atoms with van der Waals surface area (Å²) in [5.74, 6) is 0.340. The SMILES string of the molecule is O=C(O)CCCCCCCCCCCCC(=O)Cc1ncc[nH]1. The molecule has 2 N–H and O–H groups in total. The van der Waals surface area contributed by atoms with Gasteiger partial charge in [-0.05, 0) is 12.8 Å². The molecule has 1 aromatic rings. The molecule has 0 bridgehead atoms. The molecule has 5 nitrogen and oxygen atoms in total. The quantitative estimate of drug-likeness (QED) is 0.472. The highest BCUT2D eigenvalue weighted by Crippen LogP contribution is 2.12. The number of nitrogens with zero attached hydrogens (tertiary/aromatic N) is 1. The molecule has 23 heavy (non-hydrogen) atoms. The lowest BCUT2D eigenvalue weighted by atomic mass is 10.0. The second kappa shape index (κ2) is 12.9. The van der Waals surface area contributed by atoms with Gasteiger partial charge in [-0.15, -0.1) is 0 Å². The summed E-state index contributed by atoms with van der Waals surface area (Å²) in [5, 5.41) is 8.53.